The van der Waals surface area contributed by atoms with Crippen molar-refractivity contribution in [3.63, 3.8) is 0 Å². The summed E-state index contributed by atoms with van der Waals surface area (Å²) < 4.78 is 0. The molecule has 0 saturated carbocycles. The van der Waals surface area contributed by atoms with Gasteiger partial charge in [0, 0.05) is 17.1 Å². The number of unbranched alkanes of at least 4 members (excludes halogenated alkanes) is 4. The molecule has 2 saturated heterocycles. The van der Waals surface area contributed by atoms with Gasteiger partial charge in [-0.05, 0) is 11.8 Å². The fraction of sp³-hybridized carbons (Fsp3) is 0.909. The van der Waals surface area contributed by atoms with Gasteiger partial charge >= 0.3 is 0 Å². The molecule has 0 aromatic carbocycles. The van der Waals surface area contributed by atoms with Gasteiger partial charge in [0.15, 0.2) is 0 Å². The molecule has 0 aromatic heterocycles. The summed E-state index contributed by atoms with van der Waals surface area (Å²) in [7, 11) is 0. The SMILES string of the molecule is CCCCCC1CC[N-]CC1.CCCCCC1CC[N-]CC1.N#C[S-].N#C[S-].[Cu]. The molecule has 2 fully saturated rings. The molecule has 175 valence electrons. The zero-order valence-corrected chi connectivity index (χ0v) is 20.9. The van der Waals surface area contributed by atoms with Crippen molar-refractivity contribution in [2.75, 3.05) is 26.2 Å². The van der Waals surface area contributed by atoms with Gasteiger partial charge in [0.1, 0.15) is 0 Å². The van der Waals surface area contributed by atoms with E-state index in [1.54, 1.807) is 0 Å². The second-order valence-electron chi connectivity index (χ2n) is 7.40. The van der Waals surface area contributed by atoms with Crippen LogP contribution in [-0.2, 0) is 42.3 Å². The zero-order valence-electron chi connectivity index (χ0n) is 18.4. The predicted octanol–water partition coefficient (Wildman–Crippen LogP) is 6.73. The van der Waals surface area contributed by atoms with Crippen LogP contribution in [0.3, 0.4) is 0 Å². The van der Waals surface area contributed by atoms with Crippen LogP contribution in [0.2, 0.25) is 0 Å². The van der Waals surface area contributed by atoms with E-state index in [2.05, 4.69) is 49.7 Å². The Kier molecular flexibility index (Phi) is 34.7. The van der Waals surface area contributed by atoms with Gasteiger partial charge in [-0.25, -0.2) is 10.5 Å². The van der Waals surface area contributed by atoms with Crippen LogP contribution >= 0.6 is 0 Å². The third-order valence-electron chi connectivity index (χ3n) is 5.21. The molecule has 0 amide bonds. The summed E-state index contributed by atoms with van der Waals surface area (Å²) in [4.78, 5) is 0. The van der Waals surface area contributed by atoms with Crippen molar-refractivity contribution in [2.45, 2.75) is 90.9 Å². The second-order valence-corrected chi connectivity index (χ2v) is 7.77. The summed E-state index contributed by atoms with van der Waals surface area (Å²) in [5.41, 5.74) is 0. The van der Waals surface area contributed by atoms with E-state index >= 15 is 0 Å². The Morgan fingerprint density at radius 3 is 1.21 bits per heavy atom. The van der Waals surface area contributed by atoms with Crippen LogP contribution in [0.1, 0.15) is 90.9 Å². The van der Waals surface area contributed by atoms with Crippen molar-refractivity contribution in [2.24, 2.45) is 11.8 Å². The normalized spacial score (nSPS) is 16.0. The zero-order chi connectivity index (χ0) is 21.3. The quantitative estimate of drug-likeness (QED) is 0.164. The minimum Gasteiger partial charge on any atom is -0.696 e. The maximum atomic E-state index is 7.13. The first-order chi connectivity index (χ1) is 13.7. The van der Waals surface area contributed by atoms with Gasteiger partial charge < -0.3 is 35.9 Å². The molecule has 7 heteroatoms. The van der Waals surface area contributed by atoms with Crippen molar-refractivity contribution in [1.82, 2.24) is 0 Å². The van der Waals surface area contributed by atoms with Gasteiger partial charge in [0.2, 0.25) is 0 Å². The van der Waals surface area contributed by atoms with Gasteiger partial charge in [0.05, 0.1) is 0 Å². The number of rotatable bonds is 8. The van der Waals surface area contributed by atoms with Crippen molar-refractivity contribution >= 4 is 25.3 Å². The number of thiocyanates is 2. The topological polar surface area (TPSA) is 75.8 Å². The summed E-state index contributed by atoms with van der Waals surface area (Å²) >= 11 is 7.40. The molecular weight excluding hydrogens is 448 g/mol. The van der Waals surface area contributed by atoms with Crippen LogP contribution in [0.15, 0.2) is 0 Å². The Morgan fingerprint density at radius 1 is 0.690 bits per heavy atom. The van der Waals surface area contributed by atoms with Gasteiger partial charge in [-0.2, -0.15) is 0 Å². The molecular formula is C22H40CuN4S2-4. The Hall–Kier alpha value is -0.141. The van der Waals surface area contributed by atoms with Crippen LogP contribution in [0, 0.1) is 33.2 Å². The van der Waals surface area contributed by atoms with Gasteiger partial charge in [-0.1, -0.05) is 102 Å². The summed E-state index contributed by atoms with van der Waals surface area (Å²) in [6.45, 7) is 9.09. The number of nitriles is 2. The first-order valence-electron chi connectivity index (χ1n) is 11.0. The van der Waals surface area contributed by atoms with Crippen LogP contribution in [0.5, 0.6) is 0 Å². The molecule has 29 heavy (non-hydrogen) atoms. The minimum absolute atomic E-state index is 0. The fourth-order valence-corrected chi connectivity index (χ4v) is 3.55. The van der Waals surface area contributed by atoms with Gasteiger partial charge in [-0.15, -0.1) is 26.2 Å². The largest absolute Gasteiger partial charge is 0.696 e. The predicted molar refractivity (Wildman–Crippen MR) is 126 cm³/mol. The molecule has 0 bridgehead atoms. The average Bonchev–Trinajstić information content (AvgIpc) is 2.72. The van der Waals surface area contributed by atoms with E-state index in [9.17, 15) is 0 Å². The van der Waals surface area contributed by atoms with Crippen LogP contribution < -0.4 is 0 Å². The van der Waals surface area contributed by atoms with Crippen molar-refractivity contribution in [1.29, 1.82) is 10.5 Å². The van der Waals surface area contributed by atoms with E-state index in [4.69, 9.17) is 10.5 Å². The Morgan fingerprint density at radius 2 is 0.966 bits per heavy atom. The van der Waals surface area contributed by atoms with Crippen molar-refractivity contribution in [3.8, 4) is 10.8 Å². The van der Waals surface area contributed by atoms with Gasteiger partial charge in [-0.3, -0.25) is 0 Å². The fourth-order valence-electron chi connectivity index (χ4n) is 3.55. The van der Waals surface area contributed by atoms with Gasteiger partial charge in [0.25, 0.3) is 0 Å². The van der Waals surface area contributed by atoms with Crippen LogP contribution in [0.4, 0.5) is 0 Å². The summed E-state index contributed by atoms with van der Waals surface area (Å²) in [5, 5.41) is 25.6. The molecule has 0 N–H and O–H groups in total. The molecule has 4 nitrogen and oxygen atoms in total. The summed E-state index contributed by atoms with van der Waals surface area (Å²) in [6.07, 6.45) is 16.8. The molecule has 0 aliphatic carbocycles. The van der Waals surface area contributed by atoms with E-state index in [0.29, 0.717) is 0 Å². The minimum atomic E-state index is 0. The Balaban J connectivity index is -0.000000358. The maximum absolute atomic E-state index is 7.13. The summed E-state index contributed by atoms with van der Waals surface area (Å²) in [5.74, 6) is 2.03. The van der Waals surface area contributed by atoms with Crippen LogP contribution in [0.25, 0.3) is 10.6 Å². The van der Waals surface area contributed by atoms with Crippen molar-refractivity contribution in [3.05, 3.63) is 10.6 Å². The standard InChI is InChI=1S/2C10H20N.2CHNS.Cu/c2*1-2-3-4-5-10-6-8-11-9-7-10;2*2-1-3;/h2*10H,2-9H2,1H3;2*3H;/q2*-1;;;/p-2. The first-order valence-corrected chi connectivity index (χ1v) is 11.8. The molecule has 0 spiro atoms. The number of hydrogen-bond acceptors (Lipinski definition) is 4. The molecule has 2 aliphatic heterocycles. The molecule has 1 radical (unpaired) electrons. The average molecular weight is 488 g/mol. The smallest absolute Gasteiger partial charge is 0 e. The number of piperidine rings is 2. The first kappa shape index (κ1) is 33.5. The Bertz CT molecular complexity index is 338. The third-order valence-corrected chi connectivity index (χ3v) is 5.21. The molecule has 0 atom stereocenters. The van der Waals surface area contributed by atoms with E-state index < -0.39 is 0 Å². The molecule has 2 rings (SSSR count). The van der Waals surface area contributed by atoms with E-state index in [1.165, 1.54) is 87.9 Å². The Labute approximate surface area is 202 Å². The van der Waals surface area contributed by atoms with Crippen molar-refractivity contribution < 1.29 is 17.1 Å². The second kappa shape index (κ2) is 30.1. The van der Waals surface area contributed by atoms with E-state index in [1.807, 2.05) is 0 Å². The third kappa shape index (κ3) is 27.9. The van der Waals surface area contributed by atoms with Crippen LogP contribution in [-0.4, -0.2) is 26.2 Å². The molecule has 0 unspecified atom stereocenters. The maximum Gasteiger partial charge on any atom is 0 e. The number of hydrogen-bond donors (Lipinski definition) is 0. The molecule has 0 aromatic rings. The van der Waals surface area contributed by atoms with E-state index in [0.717, 1.165) is 38.0 Å². The number of nitrogens with zero attached hydrogens (tertiary/aromatic N) is 4. The van der Waals surface area contributed by atoms with E-state index in [-0.39, 0.29) is 17.1 Å². The monoisotopic (exact) mass is 487 g/mol. The molecule has 2 aliphatic rings. The summed E-state index contributed by atoms with van der Waals surface area (Å²) in [6, 6.07) is 0. The molecule has 2 heterocycles.